The second-order valence-electron chi connectivity index (χ2n) is 4.21. The summed E-state index contributed by atoms with van der Waals surface area (Å²) in [6.07, 6.45) is 0.693. The van der Waals surface area contributed by atoms with E-state index in [2.05, 4.69) is 15.3 Å². The predicted octanol–water partition coefficient (Wildman–Crippen LogP) is 2.02. The van der Waals surface area contributed by atoms with Crippen LogP contribution in [0.1, 0.15) is 18.2 Å². The smallest absolute Gasteiger partial charge is 0.223 e. The van der Waals surface area contributed by atoms with E-state index in [0.29, 0.717) is 17.2 Å². The van der Waals surface area contributed by atoms with Gasteiger partial charge in [0.2, 0.25) is 5.91 Å². The second-order valence-corrected chi connectivity index (χ2v) is 5.06. The summed E-state index contributed by atoms with van der Waals surface area (Å²) in [5.41, 5.74) is 13.3. The summed E-state index contributed by atoms with van der Waals surface area (Å²) < 4.78 is 0. The number of benzene rings is 1. The van der Waals surface area contributed by atoms with Gasteiger partial charge in [0.25, 0.3) is 0 Å². The SMILES string of the molecule is CC(=O)Nc1nc(Cc2ccc(N=C(N)N)cc2)cs1.Cl. The largest absolute Gasteiger partial charge is 0.370 e. The van der Waals surface area contributed by atoms with Crippen molar-refractivity contribution < 1.29 is 4.79 Å². The fourth-order valence-electron chi connectivity index (χ4n) is 1.64. The number of carbonyl (C=O) groups excluding carboxylic acids is 1. The monoisotopic (exact) mass is 325 g/mol. The van der Waals surface area contributed by atoms with Crippen LogP contribution in [-0.4, -0.2) is 16.9 Å². The summed E-state index contributed by atoms with van der Waals surface area (Å²) >= 11 is 1.41. The van der Waals surface area contributed by atoms with Crippen LogP contribution < -0.4 is 16.8 Å². The van der Waals surface area contributed by atoms with E-state index in [1.807, 2.05) is 29.6 Å². The third-order valence-corrected chi connectivity index (χ3v) is 3.22. The minimum Gasteiger partial charge on any atom is -0.370 e. The number of halogens is 1. The minimum atomic E-state index is -0.118. The number of hydrogen-bond acceptors (Lipinski definition) is 4. The Hall–Kier alpha value is -2.12. The minimum absolute atomic E-state index is 0. The maximum Gasteiger partial charge on any atom is 0.223 e. The van der Waals surface area contributed by atoms with Gasteiger partial charge < -0.3 is 16.8 Å². The highest BCUT2D eigenvalue weighted by Crippen LogP contribution is 2.19. The van der Waals surface area contributed by atoms with E-state index in [-0.39, 0.29) is 24.3 Å². The third kappa shape index (κ3) is 5.41. The summed E-state index contributed by atoms with van der Waals surface area (Å²) in [6, 6.07) is 7.57. The van der Waals surface area contributed by atoms with Gasteiger partial charge in [-0.2, -0.15) is 0 Å². The first-order chi connectivity index (χ1) is 9.52. The lowest BCUT2D eigenvalue weighted by Gasteiger charge is -2.00. The molecule has 2 aromatic rings. The summed E-state index contributed by atoms with van der Waals surface area (Å²) in [6.45, 7) is 1.46. The maximum absolute atomic E-state index is 10.9. The molecule has 0 radical (unpaired) electrons. The van der Waals surface area contributed by atoms with E-state index in [1.165, 1.54) is 18.3 Å². The van der Waals surface area contributed by atoms with Crippen molar-refractivity contribution in [3.05, 3.63) is 40.9 Å². The van der Waals surface area contributed by atoms with Crippen LogP contribution in [0.5, 0.6) is 0 Å². The number of thiazole rings is 1. The Labute approximate surface area is 132 Å². The van der Waals surface area contributed by atoms with Crippen LogP contribution in [0.2, 0.25) is 0 Å². The van der Waals surface area contributed by atoms with Crippen molar-refractivity contribution in [2.75, 3.05) is 5.32 Å². The highest BCUT2D eigenvalue weighted by Gasteiger charge is 2.04. The number of aromatic nitrogens is 1. The van der Waals surface area contributed by atoms with Gasteiger partial charge in [-0.25, -0.2) is 9.98 Å². The molecule has 0 aliphatic rings. The summed E-state index contributed by atoms with van der Waals surface area (Å²) in [4.78, 5) is 19.2. The van der Waals surface area contributed by atoms with Gasteiger partial charge in [-0.05, 0) is 17.7 Å². The van der Waals surface area contributed by atoms with Gasteiger partial charge >= 0.3 is 0 Å². The van der Waals surface area contributed by atoms with Gasteiger partial charge in [-0.1, -0.05) is 12.1 Å². The molecule has 0 saturated heterocycles. The molecule has 0 saturated carbocycles. The van der Waals surface area contributed by atoms with Crippen LogP contribution in [0, 0.1) is 0 Å². The number of nitrogens with one attached hydrogen (secondary N) is 1. The van der Waals surface area contributed by atoms with Gasteiger partial charge in [0.15, 0.2) is 11.1 Å². The number of aliphatic imine (C=N–C) groups is 1. The van der Waals surface area contributed by atoms with Crippen molar-refractivity contribution in [2.24, 2.45) is 16.5 Å². The van der Waals surface area contributed by atoms with Crippen LogP contribution >= 0.6 is 23.7 Å². The van der Waals surface area contributed by atoms with E-state index >= 15 is 0 Å². The normalized spacial score (nSPS) is 9.57. The topological polar surface area (TPSA) is 106 Å². The molecule has 1 aromatic carbocycles. The Morgan fingerprint density at radius 1 is 1.33 bits per heavy atom. The molecule has 2 rings (SSSR count). The van der Waals surface area contributed by atoms with E-state index in [9.17, 15) is 4.79 Å². The first-order valence-corrected chi connectivity index (χ1v) is 6.81. The van der Waals surface area contributed by atoms with Crippen molar-refractivity contribution in [1.82, 2.24) is 4.98 Å². The Kier molecular flexibility index (Phi) is 6.13. The van der Waals surface area contributed by atoms with Crippen LogP contribution in [0.15, 0.2) is 34.6 Å². The molecule has 0 bridgehead atoms. The summed E-state index contributed by atoms with van der Waals surface area (Å²) in [5, 5.41) is 5.21. The molecule has 1 heterocycles. The van der Waals surface area contributed by atoms with Gasteiger partial charge in [0.1, 0.15) is 0 Å². The van der Waals surface area contributed by atoms with Gasteiger partial charge in [-0.3, -0.25) is 4.79 Å². The molecule has 1 aromatic heterocycles. The molecule has 21 heavy (non-hydrogen) atoms. The predicted molar refractivity (Wildman–Crippen MR) is 88.4 cm³/mol. The molecule has 6 nitrogen and oxygen atoms in total. The number of amides is 1. The lowest BCUT2D eigenvalue weighted by Crippen LogP contribution is -2.21. The molecule has 0 fully saturated rings. The van der Waals surface area contributed by atoms with Crippen molar-refractivity contribution in [3.63, 3.8) is 0 Å². The molecular weight excluding hydrogens is 310 g/mol. The van der Waals surface area contributed by atoms with Crippen LogP contribution in [0.4, 0.5) is 10.8 Å². The molecule has 0 spiro atoms. The molecule has 1 amide bonds. The Morgan fingerprint density at radius 3 is 2.57 bits per heavy atom. The van der Waals surface area contributed by atoms with Crippen molar-refractivity contribution >= 4 is 46.4 Å². The quantitative estimate of drug-likeness (QED) is 0.590. The van der Waals surface area contributed by atoms with Crippen molar-refractivity contribution in [1.29, 1.82) is 0 Å². The molecule has 8 heteroatoms. The van der Waals surface area contributed by atoms with Crippen LogP contribution in [-0.2, 0) is 11.2 Å². The molecule has 0 atom stereocenters. The molecular formula is C13H16ClN5OS. The number of hydrogen-bond donors (Lipinski definition) is 3. The van der Waals surface area contributed by atoms with E-state index < -0.39 is 0 Å². The molecule has 0 aliphatic heterocycles. The molecule has 5 N–H and O–H groups in total. The first kappa shape index (κ1) is 16.9. The van der Waals surface area contributed by atoms with Crippen LogP contribution in [0.3, 0.4) is 0 Å². The van der Waals surface area contributed by atoms with Crippen molar-refractivity contribution in [3.8, 4) is 0 Å². The number of carbonyl (C=O) groups is 1. The molecule has 112 valence electrons. The zero-order valence-electron chi connectivity index (χ0n) is 11.4. The number of anilines is 1. The highest BCUT2D eigenvalue weighted by molar-refractivity contribution is 7.13. The fourth-order valence-corrected chi connectivity index (χ4v) is 2.40. The lowest BCUT2D eigenvalue weighted by atomic mass is 10.1. The first-order valence-electron chi connectivity index (χ1n) is 5.93. The molecule has 0 unspecified atom stereocenters. The lowest BCUT2D eigenvalue weighted by molar-refractivity contribution is -0.114. The highest BCUT2D eigenvalue weighted by atomic mass is 35.5. The zero-order chi connectivity index (χ0) is 14.5. The van der Waals surface area contributed by atoms with Gasteiger partial charge in [0, 0.05) is 18.7 Å². The summed E-state index contributed by atoms with van der Waals surface area (Å²) in [5.74, 6) is -0.0790. The van der Waals surface area contributed by atoms with E-state index in [0.717, 1.165) is 11.3 Å². The average Bonchev–Trinajstić information content (AvgIpc) is 2.77. The van der Waals surface area contributed by atoms with Gasteiger partial charge in [-0.15, -0.1) is 23.7 Å². The fraction of sp³-hybridized carbons (Fsp3) is 0.154. The number of guanidine groups is 1. The number of rotatable bonds is 4. The van der Waals surface area contributed by atoms with E-state index in [4.69, 9.17) is 11.5 Å². The Bertz CT molecular complexity index is 634. The third-order valence-electron chi connectivity index (χ3n) is 2.41. The van der Waals surface area contributed by atoms with Gasteiger partial charge in [0.05, 0.1) is 11.4 Å². The zero-order valence-corrected chi connectivity index (χ0v) is 13.0. The molecule has 0 aliphatic carbocycles. The Balaban J connectivity index is 0.00000220. The Morgan fingerprint density at radius 2 is 2.00 bits per heavy atom. The number of nitrogens with two attached hydrogens (primary N) is 2. The maximum atomic E-state index is 10.9. The van der Waals surface area contributed by atoms with E-state index in [1.54, 1.807) is 0 Å². The average molecular weight is 326 g/mol. The van der Waals surface area contributed by atoms with Crippen molar-refractivity contribution in [2.45, 2.75) is 13.3 Å². The van der Waals surface area contributed by atoms with Crippen LogP contribution in [0.25, 0.3) is 0 Å². The number of nitrogens with zero attached hydrogens (tertiary/aromatic N) is 2. The summed E-state index contributed by atoms with van der Waals surface area (Å²) in [7, 11) is 0. The standard InChI is InChI=1S/C13H15N5OS.ClH/c1-8(19)16-13-18-11(7-20-13)6-9-2-4-10(5-3-9)17-12(14)15;/h2-5,7H,6H2,1H3,(H4,14,15,17)(H,16,18,19);1H. The second kappa shape index (κ2) is 7.61.